The molecule has 0 N–H and O–H groups in total. The number of nitrogens with zero attached hydrogens (tertiary/aromatic N) is 2. The van der Waals surface area contributed by atoms with E-state index in [1.54, 1.807) is 0 Å². The van der Waals surface area contributed by atoms with Crippen LogP contribution >= 0.6 is 23.4 Å². The van der Waals surface area contributed by atoms with Crippen molar-refractivity contribution in [2.75, 3.05) is 23.7 Å². The van der Waals surface area contributed by atoms with Crippen LogP contribution in [0.2, 0.25) is 0 Å². The Morgan fingerprint density at radius 1 is 1.42 bits per heavy atom. The number of rotatable bonds is 2. The Morgan fingerprint density at radius 3 is 3.05 bits per heavy atom. The molecule has 1 aliphatic heterocycles. The fourth-order valence-corrected chi connectivity index (χ4v) is 3.77. The van der Waals surface area contributed by atoms with Gasteiger partial charge < -0.3 is 4.90 Å². The quantitative estimate of drug-likeness (QED) is 0.781. The number of thioether (sulfide) groups is 1. The Hall–Kier alpha value is -0.930. The number of aromatic nitrogens is 1. The van der Waals surface area contributed by atoms with E-state index in [0.29, 0.717) is 11.1 Å². The summed E-state index contributed by atoms with van der Waals surface area (Å²) in [4.78, 5) is 7.18. The maximum absolute atomic E-state index is 6.10. The van der Waals surface area contributed by atoms with Crippen LogP contribution in [-0.4, -0.2) is 29.1 Å². The normalized spacial score (nSPS) is 19.9. The fraction of sp³-hybridized carbons (Fsp3) is 0.400. The van der Waals surface area contributed by atoms with Crippen LogP contribution in [0.25, 0.3) is 10.9 Å². The second-order valence-electron chi connectivity index (χ2n) is 4.92. The van der Waals surface area contributed by atoms with Gasteiger partial charge in [-0.2, -0.15) is 11.8 Å². The van der Waals surface area contributed by atoms with Crippen molar-refractivity contribution in [2.24, 2.45) is 0 Å². The van der Waals surface area contributed by atoms with Gasteiger partial charge in [-0.25, -0.2) is 4.98 Å². The van der Waals surface area contributed by atoms with Gasteiger partial charge in [-0.3, -0.25) is 0 Å². The smallest absolute Gasteiger partial charge is 0.129 e. The summed E-state index contributed by atoms with van der Waals surface area (Å²) in [5, 5.41) is 1.84. The Bertz CT molecular complexity index is 587. The topological polar surface area (TPSA) is 16.1 Å². The summed E-state index contributed by atoms with van der Waals surface area (Å²) in [6.07, 6.45) is 0. The molecule has 3 rings (SSSR count). The first-order chi connectivity index (χ1) is 9.28. The number of alkyl halides is 1. The number of para-hydroxylation sites is 1. The molecule has 100 valence electrons. The molecule has 1 fully saturated rings. The summed E-state index contributed by atoms with van der Waals surface area (Å²) >= 11 is 8.13. The molecule has 0 bridgehead atoms. The third-order valence-corrected chi connectivity index (χ3v) is 4.92. The molecule has 2 heterocycles. The lowest BCUT2D eigenvalue weighted by Crippen LogP contribution is -2.37. The van der Waals surface area contributed by atoms with Crippen molar-refractivity contribution in [1.29, 1.82) is 0 Å². The summed E-state index contributed by atoms with van der Waals surface area (Å²) in [5.41, 5.74) is 2.22. The third-order valence-electron chi connectivity index (χ3n) is 3.50. The van der Waals surface area contributed by atoms with Gasteiger partial charge in [0.25, 0.3) is 0 Å². The first kappa shape index (κ1) is 13.1. The van der Waals surface area contributed by atoms with Gasteiger partial charge in [-0.1, -0.05) is 25.1 Å². The third kappa shape index (κ3) is 2.67. The van der Waals surface area contributed by atoms with Crippen molar-refractivity contribution in [3.05, 3.63) is 35.9 Å². The largest absolute Gasteiger partial charge is 0.355 e. The van der Waals surface area contributed by atoms with Crippen LogP contribution in [-0.2, 0) is 5.88 Å². The molecular formula is C15H17ClN2S. The number of benzene rings is 1. The van der Waals surface area contributed by atoms with E-state index in [1.807, 2.05) is 23.9 Å². The molecule has 0 saturated carbocycles. The molecule has 2 aromatic rings. The summed E-state index contributed by atoms with van der Waals surface area (Å²) in [6, 6.07) is 10.4. The summed E-state index contributed by atoms with van der Waals surface area (Å²) < 4.78 is 0. The van der Waals surface area contributed by atoms with Crippen molar-refractivity contribution in [1.82, 2.24) is 4.98 Å². The van der Waals surface area contributed by atoms with Gasteiger partial charge in [0.05, 0.1) is 5.52 Å². The highest BCUT2D eigenvalue weighted by Crippen LogP contribution is 2.27. The molecule has 0 aliphatic carbocycles. The van der Waals surface area contributed by atoms with E-state index in [1.165, 1.54) is 16.7 Å². The average Bonchev–Trinajstić information content (AvgIpc) is 2.46. The van der Waals surface area contributed by atoms with Crippen LogP contribution in [0.5, 0.6) is 0 Å². The average molecular weight is 293 g/mol. The number of fused-ring (bicyclic) bond motifs is 1. The van der Waals surface area contributed by atoms with Gasteiger partial charge in [0, 0.05) is 35.4 Å². The molecule has 4 heteroatoms. The molecule has 0 spiro atoms. The monoisotopic (exact) mass is 292 g/mol. The Kier molecular flexibility index (Phi) is 3.85. The lowest BCUT2D eigenvalue weighted by atomic mass is 10.1. The molecule has 1 aliphatic rings. The highest BCUT2D eigenvalue weighted by atomic mass is 35.5. The van der Waals surface area contributed by atoms with Crippen LogP contribution in [0.3, 0.4) is 0 Å². The summed E-state index contributed by atoms with van der Waals surface area (Å²) in [7, 11) is 0. The highest BCUT2D eigenvalue weighted by molar-refractivity contribution is 8.00. The first-order valence-corrected chi connectivity index (χ1v) is 8.17. The first-order valence-electron chi connectivity index (χ1n) is 6.59. The second-order valence-corrected chi connectivity index (χ2v) is 6.73. The zero-order valence-corrected chi connectivity index (χ0v) is 12.5. The number of pyridine rings is 1. The van der Waals surface area contributed by atoms with E-state index in [2.05, 4.69) is 30.0 Å². The van der Waals surface area contributed by atoms with E-state index < -0.39 is 0 Å². The Balaban J connectivity index is 2.04. The molecule has 0 radical (unpaired) electrons. The predicted octanol–water partition coefficient (Wildman–Crippen LogP) is 3.92. The van der Waals surface area contributed by atoms with Crippen molar-refractivity contribution in [3.8, 4) is 0 Å². The molecule has 19 heavy (non-hydrogen) atoms. The molecule has 1 unspecified atom stereocenters. The van der Waals surface area contributed by atoms with E-state index in [0.717, 1.165) is 24.4 Å². The van der Waals surface area contributed by atoms with Gasteiger partial charge in [-0.15, -0.1) is 11.6 Å². The minimum Gasteiger partial charge on any atom is -0.355 e. The van der Waals surface area contributed by atoms with Crippen molar-refractivity contribution in [2.45, 2.75) is 18.1 Å². The zero-order chi connectivity index (χ0) is 13.2. The van der Waals surface area contributed by atoms with E-state index >= 15 is 0 Å². The van der Waals surface area contributed by atoms with E-state index in [4.69, 9.17) is 16.6 Å². The van der Waals surface area contributed by atoms with Gasteiger partial charge in [0.1, 0.15) is 5.82 Å². The summed E-state index contributed by atoms with van der Waals surface area (Å²) in [6.45, 7) is 4.42. The molecule has 2 nitrogen and oxygen atoms in total. The maximum atomic E-state index is 6.10. The van der Waals surface area contributed by atoms with Crippen LogP contribution < -0.4 is 4.90 Å². The minimum atomic E-state index is 0.536. The lowest BCUT2D eigenvalue weighted by molar-refractivity contribution is 0.772. The van der Waals surface area contributed by atoms with Crippen LogP contribution in [0.4, 0.5) is 5.82 Å². The van der Waals surface area contributed by atoms with Crippen LogP contribution in [0.15, 0.2) is 30.3 Å². The molecular weight excluding hydrogens is 276 g/mol. The maximum Gasteiger partial charge on any atom is 0.129 e. The van der Waals surface area contributed by atoms with Gasteiger partial charge in [0.2, 0.25) is 0 Å². The van der Waals surface area contributed by atoms with Crippen LogP contribution in [0.1, 0.15) is 12.5 Å². The van der Waals surface area contributed by atoms with Crippen molar-refractivity contribution >= 4 is 40.1 Å². The molecule has 1 atom stereocenters. The van der Waals surface area contributed by atoms with E-state index in [-0.39, 0.29) is 0 Å². The van der Waals surface area contributed by atoms with E-state index in [9.17, 15) is 0 Å². The SMILES string of the molecule is CC1CN(c2cc(CCl)c3ccccc3n2)CCS1. The predicted molar refractivity (Wildman–Crippen MR) is 85.4 cm³/mol. The Labute approximate surface area is 123 Å². The number of halogens is 1. The van der Waals surface area contributed by atoms with Gasteiger partial charge >= 0.3 is 0 Å². The molecule has 1 saturated heterocycles. The Morgan fingerprint density at radius 2 is 2.26 bits per heavy atom. The number of hydrogen-bond donors (Lipinski definition) is 0. The van der Waals surface area contributed by atoms with Gasteiger partial charge in [-0.05, 0) is 17.7 Å². The van der Waals surface area contributed by atoms with Crippen molar-refractivity contribution in [3.63, 3.8) is 0 Å². The number of anilines is 1. The number of hydrogen-bond acceptors (Lipinski definition) is 3. The van der Waals surface area contributed by atoms with Gasteiger partial charge in [0.15, 0.2) is 0 Å². The van der Waals surface area contributed by atoms with Crippen molar-refractivity contribution < 1.29 is 0 Å². The second kappa shape index (κ2) is 5.59. The highest BCUT2D eigenvalue weighted by Gasteiger charge is 2.19. The minimum absolute atomic E-state index is 0.536. The lowest BCUT2D eigenvalue weighted by Gasteiger charge is -2.32. The zero-order valence-electron chi connectivity index (χ0n) is 11.0. The summed E-state index contributed by atoms with van der Waals surface area (Å²) in [5.74, 6) is 2.78. The molecule has 1 aromatic carbocycles. The molecule has 1 aromatic heterocycles. The standard InChI is InChI=1S/C15H17ClN2S/c1-11-10-18(6-7-19-11)15-8-12(9-16)13-4-2-3-5-14(13)17-15/h2-5,8,11H,6-7,9-10H2,1H3. The molecule has 0 amide bonds. The fourth-order valence-electron chi connectivity index (χ4n) is 2.53. The van der Waals surface area contributed by atoms with Crippen LogP contribution in [0, 0.1) is 0 Å².